The number of hydrogen-bond acceptors (Lipinski definition) is 3. The number of pyridine rings is 1. The number of ether oxygens (including phenoxy) is 1. The average Bonchev–Trinajstić information content (AvgIpc) is 3.06. The third-order valence-corrected chi connectivity index (χ3v) is 5.28. The predicted octanol–water partition coefficient (Wildman–Crippen LogP) is 6.54. The number of H-pyrrole nitrogens is 1. The predicted molar refractivity (Wildman–Crippen MR) is 113 cm³/mol. The van der Waals surface area contributed by atoms with E-state index in [2.05, 4.69) is 9.97 Å². The Morgan fingerprint density at radius 2 is 1.83 bits per heavy atom. The van der Waals surface area contributed by atoms with E-state index in [1.807, 2.05) is 12.3 Å². The summed E-state index contributed by atoms with van der Waals surface area (Å²) in [6.45, 7) is -0.0706. The Kier molecular flexibility index (Phi) is 5.54. The Hall–Kier alpha value is -2.47. The highest BCUT2D eigenvalue weighted by Gasteiger charge is 2.14. The van der Waals surface area contributed by atoms with Gasteiger partial charge in [0.15, 0.2) is 11.5 Å². The molecule has 0 spiro atoms. The minimum atomic E-state index is -0.480. The molecule has 0 radical (unpaired) electrons. The van der Waals surface area contributed by atoms with Crippen molar-refractivity contribution in [2.45, 2.75) is 13.0 Å². The van der Waals surface area contributed by atoms with Crippen LogP contribution in [0.25, 0.3) is 11.0 Å². The molecule has 29 heavy (non-hydrogen) atoms. The normalized spacial score (nSPS) is 11.2. The molecule has 0 aliphatic rings. The Bertz CT molecular complexity index is 1210. The van der Waals surface area contributed by atoms with Crippen LogP contribution in [-0.2, 0) is 13.0 Å². The lowest BCUT2D eigenvalue weighted by molar-refractivity contribution is 0.283. The maximum absolute atomic E-state index is 13.9. The molecule has 0 bridgehead atoms. The second-order valence-electron chi connectivity index (χ2n) is 6.48. The molecule has 4 rings (SSSR count). The molecule has 2 N–H and O–H groups in total. The molecule has 0 saturated heterocycles. The highest BCUT2D eigenvalue weighted by molar-refractivity contribution is 6.32. The zero-order chi connectivity index (χ0) is 20.5. The van der Waals surface area contributed by atoms with Crippen LogP contribution in [0.3, 0.4) is 0 Å². The highest BCUT2D eigenvalue weighted by atomic mass is 35.5. The quantitative estimate of drug-likeness (QED) is 0.362. The van der Waals surface area contributed by atoms with Gasteiger partial charge in [0, 0.05) is 45.9 Å². The fourth-order valence-corrected chi connectivity index (χ4v) is 3.55. The number of nitrogens with zero attached hydrogens (tertiary/aromatic N) is 1. The van der Waals surface area contributed by atoms with Gasteiger partial charge in [0.1, 0.15) is 18.1 Å². The second-order valence-corrected chi connectivity index (χ2v) is 7.76. The Morgan fingerprint density at radius 1 is 1.00 bits per heavy atom. The van der Waals surface area contributed by atoms with Crippen molar-refractivity contribution >= 4 is 45.8 Å². The first-order valence-corrected chi connectivity index (χ1v) is 9.73. The van der Waals surface area contributed by atoms with E-state index in [9.17, 15) is 9.50 Å². The first-order valence-electron chi connectivity index (χ1n) is 8.60. The number of halogens is 4. The van der Waals surface area contributed by atoms with Crippen molar-refractivity contribution in [3.05, 3.63) is 86.4 Å². The van der Waals surface area contributed by atoms with E-state index < -0.39 is 5.82 Å². The van der Waals surface area contributed by atoms with E-state index in [4.69, 9.17) is 39.5 Å². The van der Waals surface area contributed by atoms with Crippen LogP contribution < -0.4 is 4.74 Å². The number of phenols is 1. The fraction of sp³-hybridized carbons (Fsp3) is 0.0952. The van der Waals surface area contributed by atoms with Crippen molar-refractivity contribution in [2.75, 3.05) is 0 Å². The summed E-state index contributed by atoms with van der Waals surface area (Å²) in [5.74, 6) is -0.405. The third kappa shape index (κ3) is 4.27. The standard InChI is InChI=1S/C21H14Cl3FN2O2/c22-14-2-1-11(18(25)6-14)10-29-20-7-17(24)12(4-19(20)28)3-13-8-26-21-16(13)5-15(23)9-27-21/h1-2,4-9,28H,3,10H2,(H,26,27). The fourth-order valence-electron chi connectivity index (χ4n) is 3.02. The van der Waals surface area contributed by atoms with Gasteiger partial charge in [-0.2, -0.15) is 0 Å². The lowest BCUT2D eigenvalue weighted by Gasteiger charge is -2.12. The molecule has 4 nitrogen and oxygen atoms in total. The summed E-state index contributed by atoms with van der Waals surface area (Å²) in [4.78, 5) is 7.32. The number of hydrogen-bond donors (Lipinski definition) is 2. The topological polar surface area (TPSA) is 58.1 Å². The van der Waals surface area contributed by atoms with Crippen LogP contribution >= 0.6 is 34.8 Å². The van der Waals surface area contributed by atoms with Crippen LogP contribution in [0, 0.1) is 5.82 Å². The van der Waals surface area contributed by atoms with E-state index in [1.165, 1.54) is 24.3 Å². The number of fused-ring (bicyclic) bond motifs is 1. The molecule has 0 aliphatic heterocycles. The first-order chi connectivity index (χ1) is 13.9. The van der Waals surface area contributed by atoms with Gasteiger partial charge >= 0.3 is 0 Å². The van der Waals surface area contributed by atoms with Crippen LogP contribution in [0.1, 0.15) is 16.7 Å². The summed E-state index contributed by atoms with van der Waals surface area (Å²) in [7, 11) is 0. The molecule has 0 amide bonds. The molecule has 148 valence electrons. The zero-order valence-corrected chi connectivity index (χ0v) is 17.1. The maximum Gasteiger partial charge on any atom is 0.162 e. The van der Waals surface area contributed by atoms with Crippen LogP contribution in [0.5, 0.6) is 11.5 Å². The Balaban J connectivity index is 1.55. The van der Waals surface area contributed by atoms with E-state index >= 15 is 0 Å². The van der Waals surface area contributed by atoms with E-state index in [1.54, 1.807) is 12.3 Å². The molecule has 4 aromatic rings. The second kappa shape index (κ2) is 8.11. The van der Waals surface area contributed by atoms with Gasteiger partial charge in [-0.1, -0.05) is 40.9 Å². The molecule has 0 saturated carbocycles. The SMILES string of the molecule is Oc1cc(Cc2c[nH]c3ncc(Cl)cc23)c(Cl)cc1OCc1ccc(Cl)cc1F. The monoisotopic (exact) mass is 450 g/mol. The Morgan fingerprint density at radius 3 is 2.62 bits per heavy atom. The molecule has 0 aliphatic carbocycles. The molecule has 0 unspecified atom stereocenters. The number of nitrogens with one attached hydrogen (secondary N) is 1. The van der Waals surface area contributed by atoms with Gasteiger partial charge in [0.05, 0.1) is 5.02 Å². The van der Waals surface area contributed by atoms with Gasteiger partial charge in [-0.3, -0.25) is 0 Å². The van der Waals surface area contributed by atoms with Crippen LogP contribution in [0.4, 0.5) is 4.39 Å². The molecule has 2 aromatic carbocycles. The van der Waals surface area contributed by atoms with E-state index in [0.717, 1.165) is 16.6 Å². The number of phenolic OH excluding ortho intramolecular Hbond substituents is 1. The molecule has 2 aromatic heterocycles. The summed E-state index contributed by atoms with van der Waals surface area (Å²) in [5, 5.41) is 12.5. The van der Waals surface area contributed by atoms with Crippen LogP contribution in [-0.4, -0.2) is 15.1 Å². The molecule has 2 heterocycles. The number of aromatic hydroxyl groups is 1. The minimum Gasteiger partial charge on any atom is -0.504 e. The summed E-state index contributed by atoms with van der Waals surface area (Å²) < 4.78 is 19.4. The van der Waals surface area contributed by atoms with Crippen LogP contribution in [0.2, 0.25) is 15.1 Å². The van der Waals surface area contributed by atoms with Crippen molar-refractivity contribution in [3.63, 3.8) is 0 Å². The maximum atomic E-state index is 13.9. The summed E-state index contributed by atoms with van der Waals surface area (Å²) in [6.07, 6.45) is 3.86. The summed E-state index contributed by atoms with van der Waals surface area (Å²) >= 11 is 18.2. The highest BCUT2D eigenvalue weighted by Crippen LogP contribution is 2.35. The average molecular weight is 452 g/mol. The summed E-state index contributed by atoms with van der Waals surface area (Å²) in [5.41, 5.74) is 2.68. The lowest BCUT2D eigenvalue weighted by Crippen LogP contribution is -1.99. The molecule has 0 fully saturated rings. The molecular formula is C21H14Cl3FN2O2. The molecule has 0 atom stereocenters. The minimum absolute atomic E-state index is 0.0706. The van der Waals surface area contributed by atoms with Gasteiger partial charge in [0.2, 0.25) is 0 Å². The van der Waals surface area contributed by atoms with Crippen molar-refractivity contribution in [3.8, 4) is 11.5 Å². The van der Waals surface area contributed by atoms with Crippen molar-refractivity contribution < 1.29 is 14.2 Å². The van der Waals surface area contributed by atoms with Crippen molar-refractivity contribution in [1.82, 2.24) is 9.97 Å². The van der Waals surface area contributed by atoms with Gasteiger partial charge in [-0.05, 0) is 35.4 Å². The van der Waals surface area contributed by atoms with Crippen LogP contribution in [0.15, 0.2) is 48.8 Å². The largest absolute Gasteiger partial charge is 0.504 e. The molecule has 8 heteroatoms. The zero-order valence-electron chi connectivity index (χ0n) is 14.8. The smallest absolute Gasteiger partial charge is 0.162 e. The van der Waals surface area contributed by atoms with Crippen molar-refractivity contribution in [1.29, 1.82) is 0 Å². The van der Waals surface area contributed by atoms with Gasteiger partial charge in [-0.25, -0.2) is 9.37 Å². The summed E-state index contributed by atoms with van der Waals surface area (Å²) in [6, 6.07) is 9.18. The number of aromatic amines is 1. The number of aromatic nitrogens is 2. The molecular weight excluding hydrogens is 438 g/mol. The number of rotatable bonds is 5. The number of benzene rings is 2. The lowest BCUT2D eigenvalue weighted by atomic mass is 10.0. The first kappa shape index (κ1) is 19.8. The third-order valence-electron chi connectivity index (χ3n) is 4.49. The van der Waals surface area contributed by atoms with E-state index in [0.29, 0.717) is 32.6 Å². The van der Waals surface area contributed by atoms with E-state index in [-0.39, 0.29) is 18.1 Å². The van der Waals surface area contributed by atoms with Gasteiger partial charge in [0.25, 0.3) is 0 Å². The van der Waals surface area contributed by atoms with Gasteiger partial charge in [-0.15, -0.1) is 0 Å². The van der Waals surface area contributed by atoms with Crippen molar-refractivity contribution in [2.24, 2.45) is 0 Å². The van der Waals surface area contributed by atoms with Gasteiger partial charge < -0.3 is 14.8 Å². The Labute approximate surface area is 180 Å².